The number of carbonyl (C=O) groups is 1. The number of halogens is 2. The summed E-state index contributed by atoms with van der Waals surface area (Å²) in [5.41, 5.74) is 1.83. The number of rotatable bonds is 6. The predicted molar refractivity (Wildman–Crippen MR) is 136 cm³/mol. The molecule has 1 saturated heterocycles. The largest absolute Gasteiger partial charge is 0.461 e. The minimum Gasteiger partial charge on any atom is -0.461 e. The number of ether oxygens (including phenoxy) is 1. The molecule has 2 fully saturated rings. The number of hydrogen-bond donors (Lipinski definition) is 1. The smallest absolute Gasteiger partial charge is 0.327 e. The van der Waals surface area contributed by atoms with Gasteiger partial charge in [0.25, 0.3) is 5.92 Å². The summed E-state index contributed by atoms with van der Waals surface area (Å²) >= 11 is 0. The van der Waals surface area contributed by atoms with Crippen molar-refractivity contribution in [2.24, 2.45) is 17.8 Å². The highest BCUT2D eigenvalue weighted by molar-refractivity contribution is 5.84. The van der Waals surface area contributed by atoms with Gasteiger partial charge >= 0.3 is 5.97 Å². The summed E-state index contributed by atoms with van der Waals surface area (Å²) in [7, 11) is 0. The summed E-state index contributed by atoms with van der Waals surface area (Å²) in [4.78, 5) is 25.5. The maximum atomic E-state index is 15.4. The van der Waals surface area contributed by atoms with E-state index in [1.54, 1.807) is 55.9 Å². The third-order valence-corrected chi connectivity index (χ3v) is 7.76. The first kappa shape index (κ1) is 25.6. The molecule has 1 aliphatic heterocycles. The van der Waals surface area contributed by atoms with Gasteiger partial charge in [0, 0.05) is 60.1 Å². The molecule has 2 aromatic heterocycles. The summed E-state index contributed by atoms with van der Waals surface area (Å²) in [6.07, 6.45) is 8.47. The fraction of sp³-hybridized carbons (Fsp3) is 0.345. The van der Waals surface area contributed by atoms with E-state index in [1.807, 2.05) is 18.2 Å². The minimum absolute atomic E-state index is 0.160. The zero-order chi connectivity index (χ0) is 26.9. The van der Waals surface area contributed by atoms with E-state index < -0.39 is 47.7 Å². The molecule has 2 aliphatic rings. The van der Waals surface area contributed by atoms with E-state index in [9.17, 15) is 10.1 Å². The van der Waals surface area contributed by atoms with Gasteiger partial charge in [-0.2, -0.15) is 5.26 Å². The van der Waals surface area contributed by atoms with E-state index in [0.29, 0.717) is 16.8 Å². The van der Waals surface area contributed by atoms with Gasteiger partial charge in [0.2, 0.25) is 0 Å². The molecule has 0 radical (unpaired) electrons. The first-order valence-electron chi connectivity index (χ1n) is 12.5. The number of alkyl halides is 2. The zero-order valence-electron chi connectivity index (χ0n) is 21.0. The normalized spacial score (nSPS) is 28.0. The Hall–Kier alpha value is -4.03. The quantitative estimate of drug-likeness (QED) is 0.471. The van der Waals surface area contributed by atoms with E-state index in [2.05, 4.69) is 26.3 Å². The summed E-state index contributed by atoms with van der Waals surface area (Å²) in [6.45, 7) is 3.44. The van der Waals surface area contributed by atoms with E-state index in [4.69, 9.17) is 4.74 Å². The lowest BCUT2D eigenvalue weighted by molar-refractivity contribution is -0.160. The second kappa shape index (κ2) is 10.0. The van der Waals surface area contributed by atoms with Gasteiger partial charge < -0.3 is 4.74 Å². The Morgan fingerprint density at radius 1 is 1.16 bits per heavy atom. The van der Waals surface area contributed by atoms with Crippen molar-refractivity contribution >= 4 is 12.0 Å². The lowest BCUT2D eigenvalue weighted by Crippen LogP contribution is -2.64. The SMILES string of the molecule is C[C@H]1OC(=O)[C@]2(NCc3cncnc3)CC(F)(F)[C@@H](C)[C@H](/C=C/c3ccc(-c4ccccc4C#N)cn3)[C@H]12. The van der Waals surface area contributed by atoms with Crippen molar-refractivity contribution < 1.29 is 18.3 Å². The van der Waals surface area contributed by atoms with E-state index in [1.165, 1.54) is 13.3 Å². The average Bonchev–Trinajstić information content (AvgIpc) is 3.17. The average molecular weight is 516 g/mol. The Labute approximate surface area is 219 Å². The van der Waals surface area contributed by atoms with Crippen molar-refractivity contribution in [3.8, 4) is 17.2 Å². The van der Waals surface area contributed by atoms with Gasteiger partial charge in [0.1, 0.15) is 18.0 Å². The van der Waals surface area contributed by atoms with Gasteiger partial charge in [-0.25, -0.2) is 18.7 Å². The highest BCUT2D eigenvalue weighted by Gasteiger charge is 2.67. The first-order chi connectivity index (χ1) is 18.2. The van der Waals surface area contributed by atoms with Crippen LogP contribution in [0.2, 0.25) is 0 Å². The second-order valence-corrected chi connectivity index (χ2v) is 10.00. The molecule has 7 nitrogen and oxygen atoms in total. The molecule has 0 amide bonds. The number of cyclic esters (lactones) is 1. The van der Waals surface area contributed by atoms with Crippen molar-refractivity contribution in [3.63, 3.8) is 0 Å². The molecule has 1 N–H and O–H groups in total. The fourth-order valence-electron chi connectivity index (χ4n) is 5.77. The maximum Gasteiger partial charge on any atom is 0.327 e. The molecule has 0 bridgehead atoms. The third-order valence-electron chi connectivity index (χ3n) is 7.76. The number of hydrogen-bond acceptors (Lipinski definition) is 7. The molecule has 5 rings (SSSR count). The van der Waals surface area contributed by atoms with E-state index in [0.717, 1.165) is 11.1 Å². The van der Waals surface area contributed by atoms with Gasteiger partial charge in [-0.05, 0) is 31.1 Å². The number of nitrogens with one attached hydrogen (secondary N) is 1. The fourth-order valence-corrected chi connectivity index (χ4v) is 5.77. The van der Waals surface area contributed by atoms with Crippen LogP contribution in [0.25, 0.3) is 17.2 Å². The van der Waals surface area contributed by atoms with Crippen LogP contribution in [0.1, 0.15) is 37.1 Å². The second-order valence-electron chi connectivity index (χ2n) is 10.00. The molecule has 194 valence electrons. The monoisotopic (exact) mass is 515 g/mol. The van der Waals surface area contributed by atoms with Crippen LogP contribution in [0.4, 0.5) is 8.78 Å². The van der Waals surface area contributed by atoms with Crippen LogP contribution in [0.15, 0.2) is 67.4 Å². The molecule has 9 heteroatoms. The van der Waals surface area contributed by atoms with Crippen LogP contribution < -0.4 is 5.32 Å². The highest BCUT2D eigenvalue weighted by Crippen LogP contribution is 2.55. The molecule has 1 aliphatic carbocycles. The van der Waals surface area contributed by atoms with Crippen LogP contribution >= 0.6 is 0 Å². The van der Waals surface area contributed by atoms with Crippen LogP contribution in [0, 0.1) is 29.1 Å². The Morgan fingerprint density at radius 3 is 2.63 bits per heavy atom. The molecule has 5 atom stereocenters. The van der Waals surface area contributed by atoms with Crippen LogP contribution in [-0.4, -0.2) is 38.5 Å². The van der Waals surface area contributed by atoms with Gasteiger partial charge in [-0.15, -0.1) is 0 Å². The number of nitrogens with zero attached hydrogens (tertiary/aromatic N) is 4. The number of pyridine rings is 1. The minimum atomic E-state index is -3.10. The van der Waals surface area contributed by atoms with Crippen molar-refractivity contribution in [1.82, 2.24) is 20.3 Å². The third kappa shape index (κ3) is 4.56. The lowest BCUT2D eigenvalue weighted by Gasteiger charge is -2.48. The number of carbonyl (C=O) groups excluding carboxylic acids is 1. The van der Waals surface area contributed by atoms with Gasteiger partial charge in [0.15, 0.2) is 0 Å². The highest BCUT2D eigenvalue weighted by atomic mass is 19.3. The number of aromatic nitrogens is 3. The Kier molecular flexibility index (Phi) is 6.76. The van der Waals surface area contributed by atoms with Crippen molar-refractivity contribution in [2.75, 3.05) is 0 Å². The Balaban J connectivity index is 1.44. The van der Waals surface area contributed by atoms with Gasteiger partial charge in [-0.3, -0.25) is 15.1 Å². The Morgan fingerprint density at radius 2 is 1.92 bits per heavy atom. The van der Waals surface area contributed by atoms with Crippen molar-refractivity contribution in [3.05, 3.63) is 84.2 Å². The number of benzene rings is 1. The molecule has 1 aromatic carbocycles. The topological polar surface area (TPSA) is 101 Å². The standard InChI is InChI=1S/C29H27F2N5O2/c1-18-24(10-9-23-8-7-22(15-35-23)25-6-4-3-5-21(25)11-32)26-19(2)38-27(37)28(26,16-29(18,30)31)36-14-20-12-33-17-34-13-20/h3-10,12-13,15,17-19,24,26,36H,14,16H2,1-2H3/b10-9+/t18-,19+,24-,26-,28-/m0/s1. The molecule has 0 unspecified atom stereocenters. The molecule has 3 heterocycles. The summed E-state index contributed by atoms with van der Waals surface area (Å²) in [5, 5.41) is 12.5. The van der Waals surface area contributed by atoms with Crippen LogP contribution in [0.3, 0.4) is 0 Å². The number of allylic oxidation sites excluding steroid dienone is 1. The van der Waals surface area contributed by atoms with Crippen molar-refractivity contribution in [1.29, 1.82) is 5.26 Å². The van der Waals surface area contributed by atoms with Gasteiger partial charge in [-0.1, -0.05) is 37.3 Å². The molecule has 3 aromatic rings. The van der Waals surface area contributed by atoms with E-state index >= 15 is 8.78 Å². The molecule has 38 heavy (non-hydrogen) atoms. The predicted octanol–water partition coefficient (Wildman–Crippen LogP) is 4.80. The van der Waals surface area contributed by atoms with Crippen LogP contribution in [0.5, 0.6) is 0 Å². The molecule has 0 spiro atoms. The zero-order valence-corrected chi connectivity index (χ0v) is 21.0. The summed E-state index contributed by atoms with van der Waals surface area (Å²) in [5.74, 6) is -5.94. The molecule has 1 saturated carbocycles. The van der Waals surface area contributed by atoms with Crippen LogP contribution in [-0.2, 0) is 16.1 Å². The first-order valence-corrected chi connectivity index (χ1v) is 12.5. The number of esters is 1. The molecular weight excluding hydrogens is 488 g/mol. The maximum absolute atomic E-state index is 15.4. The summed E-state index contributed by atoms with van der Waals surface area (Å²) < 4.78 is 36.5. The van der Waals surface area contributed by atoms with Crippen molar-refractivity contribution in [2.45, 2.75) is 44.4 Å². The summed E-state index contributed by atoms with van der Waals surface area (Å²) in [6, 6.07) is 13.1. The Bertz CT molecular complexity index is 1390. The number of nitriles is 1. The number of fused-ring (bicyclic) bond motifs is 1. The molecular formula is C29H27F2N5O2. The van der Waals surface area contributed by atoms with Gasteiger partial charge in [0.05, 0.1) is 17.3 Å². The lowest BCUT2D eigenvalue weighted by atomic mass is 9.60. The van der Waals surface area contributed by atoms with E-state index in [-0.39, 0.29) is 6.54 Å².